The Morgan fingerprint density at radius 2 is 2.06 bits per heavy atom. The zero-order valence-electron chi connectivity index (χ0n) is 8.76. The lowest BCUT2D eigenvalue weighted by molar-refractivity contribution is 0.596. The third-order valence-electron chi connectivity index (χ3n) is 2.14. The van der Waals surface area contributed by atoms with E-state index in [1.807, 2.05) is 0 Å². The van der Waals surface area contributed by atoms with Gasteiger partial charge in [0.1, 0.15) is 10.0 Å². The fourth-order valence-electron chi connectivity index (χ4n) is 1.49. The van der Waals surface area contributed by atoms with Crippen molar-refractivity contribution in [1.29, 1.82) is 0 Å². The summed E-state index contributed by atoms with van der Waals surface area (Å²) in [5.41, 5.74) is 6.05. The van der Waals surface area contributed by atoms with E-state index in [1.54, 1.807) is 11.4 Å². The predicted molar refractivity (Wildman–Crippen MR) is 66.0 cm³/mol. The minimum absolute atomic E-state index is 0.223. The normalized spacial score (nSPS) is 11.6. The van der Waals surface area contributed by atoms with Crippen molar-refractivity contribution in [1.82, 2.24) is 0 Å². The largest absolute Gasteiger partial charge is 0.399 e. The van der Waals surface area contributed by atoms with Crippen LogP contribution in [0.3, 0.4) is 0 Å². The molecule has 1 aromatic carbocycles. The molecule has 1 heterocycles. The molecule has 0 aliphatic carbocycles. The van der Waals surface area contributed by atoms with Gasteiger partial charge in [-0.25, -0.2) is 12.8 Å². The predicted octanol–water partition coefficient (Wildman–Crippen LogP) is 2.44. The van der Waals surface area contributed by atoms with E-state index in [-0.39, 0.29) is 15.6 Å². The van der Waals surface area contributed by atoms with Crippen LogP contribution in [0.1, 0.15) is 5.56 Å². The molecule has 3 nitrogen and oxygen atoms in total. The van der Waals surface area contributed by atoms with Crippen LogP contribution in [0.5, 0.6) is 0 Å². The molecular weight excluding hydrogens is 261 g/mol. The molecule has 2 rings (SSSR count). The topological polar surface area (TPSA) is 60.2 Å². The van der Waals surface area contributed by atoms with Gasteiger partial charge in [-0.1, -0.05) is 6.07 Å². The highest BCUT2D eigenvalue weighted by molar-refractivity contribution is 7.92. The van der Waals surface area contributed by atoms with E-state index in [9.17, 15) is 12.8 Å². The number of benzene rings is 1. The van der Waals surface area contributed by atoms with Crippen molar-refractivity contribution in [2.24, 2.45) is 0 Å². The van der Waals surface area contributed by atoms with Crippen LogP contribution in [-0.4, -0.2) is 8.42 Å². The van der Waals surface area contributed by atoms with Crippen LogP contribution in [0, 0.1) is 5.82 Å². The molecule has 0 spiro atoms. The minimum Gasteiger partial charge on any atom is -0.399 e. The Morgan fingerprint density at radius 3 is 2.65 bits per heavy atom. The maximum atomic E-state index is 13.1. The summed E-state index contributed by atoms with van der Waals surface area (Å²) in [5.74, 6) is -0.767. The van der Waals surface area contributed by atoms with E-state index in [4.69, 9.17) is 5.73 Å². The van der Waals surface area contributed by atoms with Crippen molar-refractivity contribution in [2.75, 3.05) is 5.73 Å². The fourth-order valence-corrected chi connectivity index (χ4v) is 3.90. The zero-order chi connectivity index (χ0) is 12.5. The third kappa shape index (κ3) is 2.83. The average molecular weight is 271 g/mol. The Labute approximate surface area is 103 Å². The monoisotopic (exact) mass is 271 g/mol. The molecule has 0 unspecified atom stereocenters. The first-order valence-electron chi connectivity index (χ1n) is 4.78. The van der Waals surface area contributed by atoms with Gasteiger partial charge in [-0.05, 0) is 35.2 Å². The van der Waals surface area contributed by atoms with Gasteiger partial charge in [0.05, 0.1) is 5.75 Å². The third-order valence-corrected chi connectivity index (χ3v) is 5.31. The molecule has 0 radical (unpaired) electrons. The van der Waals surface area contributed by atoms with E-state index in [2.05, 4.69) is 0 Å². The molecule has 0 fully saturated rings. The first kappa shape index (κ1) is 12.1. The van der Waals surface area contributed by atoms with Crippen LogP contribution in [-0.2, 0) is 15.6 Å². The van der Waals surface area contributed by atoms with Gasteiger partial charge in [0.15, 0.2) is 9.84 Å². The van der Waals surface area contributed by atoms with Gasteiger partial charge in [-0.3, -0.25) is 0 Å². The fraction of sp³-hybridized carbons (Fsp3) is 0.0909. The highest BCUT2D eigenvalue weighted by Crippen LogP contribution is 2.22. The first-order valence-corrected chi connectivity index (χ1v) is 7.32. The highest BCUT2D eigenvalue weighted by Gasteiger charge is 2.16. The summed E-state index contributed by atoms with van der Waals surface area (Å²) in [6.45, 7) is 0. The SMILES string of the molecule is Nc1cc(F)cc(CS(=O)(=O)c2cccs2)c1. The number of rotatable bonds is 3. The van der Waals surface area contributed by atoms with Crippen molar-refractivity contribution in [3.8, 4) is 0 Å². The summed E-state index contributed by atoms with van der Waals surface area (Å²) in [6.07, 6.45) is 0. The summed E-state index contributed by atoms with van der Waals surface area (Å²) in [5, 5.41) is 1.69. The van der Waals surface area contributed by atoms with Crippen LogP contribution in [0.2, 0.25) is 0 Å². The number of hydrogen-bond donors (Lipinski definition) is 1. The molecule has 0 saturated carbocycles. The molecule has 0 amide bonds. The van der Waals surface area contributed by atoms with Gasteiger partial charge in [-0.2, -0.15) is 0 Å². The molecule has 0 aliphatic heterocycles. The van der Waals surface area contributed by atoms with Gasteiger partial charge in [0, 0.05) is 5.69 Å². The maximum absolute atomic E-state index is 13.1. The Balaban J connectivity index is 2.33. The van der Waals surface area contributed by atoms with E-state index in [0.717, 1.165) is 17.4 Å². The molecule has 0 saturated heterocycles. The molecule has 17 heavy (non-hydrogen) atoms. The van der Waals surface area contributed by atoms with Gasteiger partial charge < -0.3 is 5.73 Å². The molecule has 1 aromatic heterocycles. The second-order valence-corrected chi connectivity index (χ2v) is 6.75. The van der Waals surface area contributed by atoms with E-state index in [1.165, 1.54) is 18.2 Å². The van der Waals surface area contributed by atoms with Crippen LogP contribution in [0.4, 0.5) is 10.1 Å². The molecule has 0 aliphatic rings. The number of nitrogen functional groups attached to an aromatic ring is 1. The quantitative estimate of drug-likeness (QED) is 0.872. The number of nitrogens with two attached hydrogens (primary N) is 1. The van der Waals surface area contributed by atoms with Crippen LogP contribution >= 0.6 is 11.3 Å². The zero-order valence-corrected chi connectivity index (χ0v) is 10.4. The van der Waals surface area contributed by atoms with E-state index in [0.29, 0.717) is 5.56 Å². The van der Waals surface area contributed by atoms with Gasteiger partial charge in [0.25, 0.3) is 0 Å². The van der Waals surface area contributed by atoms with Crippen LogP contribution in [0.15, 0.2) is 39.9 Å². The summed E-state index contributed by atoms with van der Waals surface area (Å²) < 4.78 is 37.2. The average Bonchev–Trinajstić information content (AvgIpc) is 2.67. The molecule has 0 bridgehead atoms. The van der Waals surface area contributed by atoms with Crippen molar-refractivity contribution >= 4 is 26.9 Å². The van der Waals surface area contributed by atoms with Gasteiger partial charge >= 0.3 is 0 Å². The molecule has 0 atom stereocenters. The Bertz CT molecular complexity index is 601. The lowest BCUT2D eigenvalue weighted by Gasteiger charge is -2.03. The lowest BCUT2D eigenvalue weighted by Crippen LogP contribution is -2.04. The molecule has 2 aromatic rings. The summed E-state index contributed by atoms with van der Waals surface area (Å²) in [6, 6.07) is 7.00. The van der Waals surface area contributed by atoms with E-state index >= 15 is 0 Å². The van der Waals surface area contributed by atoms with Gasteiger partial charge in [0.2, 0.25) is 0 Å². The lowest BCUT2D eigenvalue weighted by atomic mass is 10.2. The number of hydrogen-bond acceptors (Lipinski definition) is 4. The number of thiophene rings is 1. The number of halogens is 1. The van der Waals surface area contributed by atoms with Crippen molar-refractivity contribution in [3.05, 3.63) is 47.1 Å². The van der Waals surface area contributed by atoms with Crippen molar-refractivity contribution in [2.45, 2.75) is 9.96 Å². The van der Waals surface area contributed by atoms with Crippen molar-refractivity contribution < 1.29 is 12.8 Å². The Kier molecular flexibility index (Phi) is 3.17. The molecule has 6 heteroatoms. The summed E-state index contributed by atoms with van der Waals surface area (Å²) in [4.78, 5) is 0. The Morgan fingerprint density at radius 1 is 1.29 bits per heavy atom. The van der Waals surface area contributed by atoms with Crippen LogP contribution < -0.4 is 5.73 Å². The standard InChI is InChI=1S/C11H10FNO2S2/c12-9-4-8(5-10(13)6-9)7-17(14,15)11-2-1-3-16-11/h1-6H,7,13H2. The molecule has 2 N–H and O–H groups in total. The van der Waals surface area contributed by atoms with E-state index < -0.39 is 15.7 Å². The summed E-state index contributed by atoms with van der Waals surface area (Å²) >= 11 is 1.14. The highest BCUT2D eigenvalue weighted by atomic mass is 32.2. The van der Waals surface area contributed by atoms with Crippen molar-refractivity contribution in [3.63, 3.8) is 0 Å². The minimum atomic E-state index is -3.41. The second-order valence-electron chi connectivity index (χ2n) is 3.58. The Hall–Kier alpha value is -1.40. The second kappa shape index (κ2) is 4.46. The number of sulfone groups is 1. The van der Waals surface area contributed by atoms with Gasteiger partial charge in [-0.15, -0.1) is 11.3 Å². The smallest absolute Gasteiger partial charge is 0.191 e. The van der Waals surface area contributed by atoms with Crippen LogP contribution in [0.25, 0.3) is 0 Å². The first-order chi connectivity index (χ1) is 7.97. The summed E-state index contributed by atoms with van der Waals surface area (Å²) in [7, 11) is -3.41. The molecular formula is C11H10FNO2S2. The molecule has 90 valence electrons. The number of anilines is 1. The maximum Gasteiger partial charge on any atom is 0.191 e.